The molecule has 0 amide bonds. The highest BCUT2D eigenvalue weighted by Crippen LogP contribution is 2.41. The van der Waals surface area contributed by atoms with Crippen molar-refractivity contribution < 1.29 is 4.21 Å². The summed E-state index contributed by atoms with van der Waals surface area (Å²) in [5.74, 6) is 0.476. The molecular formula is C9H20IN3OS. The first-order valence-corrected chi connectivity index (χ1v) is 6.54. The van der Waals surface area contributed by atoms with E-state index in [1.807, 2.05) is 0 Å². The van der Waals surface area contributed by atoms with Gasteiger partial charge in [-0.05, 0) is 19.3 Å². The van der Waals surface area contributed by atoms with Crippen molar-refractivity contribution in [3.63, 3.8) is 0 Å². The van der Waals surface area contributed by atoms with Crippen LogP contribution in [0.1, 0.15) is 26.2 Å². The van der Waals surface area contributed by atoms with E-state index in [1.165, 1.54) is 0 Å². The lowest BCUT2D eigenvalue weighted by Gasteiger charge is -2.09. The molecule has 3 N–H and O–H groups in total. The summed E-state index contributed by atoms with van der Waals surface area (Å²) < 4.78 is 11.3. The first kappa shape index (κ1) is 15.2. The van der Waals surface area contributed by atoms with Crippen molar-refractivity contribution in [1.82, 2.24) is 5.32 Å². The molecule has 15 heavy (non-hydrogen) atoms. The summed E-state index contributed by atoms with van der Waals surface area (Å²) in [7, 11) is -0.777. The third-order valence-corrected chi connectivity index (χ3v) is 4.27. The molecule has 1 unspecified atom stereocenters. The molecule has 0 bridgehead atoms. The Morgan fingerprint density at radius 3 is 2.60 bits per heavy atom. The molecule has 0 aromatic carbocycles. The number of rotatable bonds is 5. The molecule has 90 valence electrons. The largest absolute Gasteiger partial charge is 0.370 e. The smallest absolute Gasteiger partial charge is 0.188 e. The monoisotopic (exact) mass is 345 g/mol. The fraction of sp³-hybridized carbons (Fsp3) is 0.889. The number of nitrogens with one attached hydrogen (secondary N) is 1. The van der Waals surface area contributed by atoms with Crippen molar-refractivity contribution in [3.8, 4) is 0 Å². The number of aliphatic imine (C=N–C) groups is 1. The molecular weight excluding hydrogens is 325 g/mol. The highest BCUT2D eigenvalue weighted by Gasteiger charge is 2.46. The molecule has 0 heterocycles. The second kappa shape index (κ2) is 6.67. The summed E-state index contributed by atoms with van der Waals surface area (Å²) in [5, 5.41) is 3.00. The summed E-state index contributed by atoms with van der Waals surface area (Å²) in [6.45, 7) is 3.51. The van der Waals surface area contributed by atoms with Gasteiger partial charge in [-0.3, -0.25) is 9.20 Å². The summed E-state index contributed by atoms with van der Waals surface area (Å²) in [6.07, 6.45) is 4.81. The van der Waals surface area contributed by atoms with Gasteiger partial charge in [0.2, 0.25) is 0 Å². The van der Waals surface area contributed by atoms with Gasteiger partial charge in [0.15, 0.2) is 5.96 Å². The lowest BCUT2D eigenvalue weighted by atomic mass is 10.4. The zero-order valence-corrected chi connectivity index (χ0v) is 12.4. The van der Waals surface area contributed by atoms with Crippen LogP contribution in [0.15, 0.2) is 4.99 Å². The van der Waals surface area contributed by atoms with Crippen LogP contribution in [0, 0.1) is 0 Å². The fourth-order valence-electron chi connectivity index (χ4n) is 1.21. The van der Waals surface area contributed by atoms with Crippen molar-refractivity contribution in [1.29, 1.82) is 0 Å². The molecule has 0 aliphatic heterocycles. The zero-order chi connectivity index (χ0) is 10.6. The zero-order valence-electron chi connectivity index (χ0n) is 9.28. The Hall–Kier alpha value is 0.150. The SMILES string of the molecule is CCCNC(N)=NCC1(S(C)=O)CC1.I. The summed E-state index contributed by atoms with van der Waals surface area (Å²) in [6, 6.07) is 0. The van der Waals surface area contributed by atoms with Crippen molar-refractivity contribution >= 4 is 40.7 Å². The maximum Gasteiger partial charge on any atom is 0.188 e. The topological polar surface area (TPSA) is 67.5 Å². The van der Waals surface area contributed by atoms with Gasteiger partial charge in [0.05, 0.1) is 11.3 Å². The number of guanidine groups is 1. The van der Waals surface area contributed by atoms with Crippen LogP contribution in [-0.4, -0.2) is 34.3 Å². The number of hydrogen-bond donors (Lipinski definition) is 2. The molecule has 4 nitrogen and oxygen atoms in total. The fourth-order valence-corrected chi connectivity index (χ4v) is 2.14. The number of hydrogen-bond acceptors (Lipinski definition) is 2. The standard InChI is InChI=1S/C9H19N3OS.HI/c1-3-6-11-8(10)12-7-9(4-5-9)14(2)13;/h3-7H2,1-2H3,(H3,10,11,12);1H. The Bertz CT molecular complexity index is 254. The van der Waals surface area contributed by atoms with Gasteiger partial charge in [0, 0.05) is 23.6 Å². The Morgan fingerprint density at radius 2 is 2.20 bits per heavy atom. The van der Waals surface area contributed by atoms with E-state index in [0.29, 0.717) is 12.5 Å². The van der Waals surface area contributed by atoms with Crippen LogP contribution in [0.3, 0.4) is 0 Å². The lowest BCUT2D eigenvalue weighted by Crippen LogP contribution is -2.33. The average Bonchev–Trinajstić information content (AvgIpc) is 2.92. The minimum Gasteiger partial charge on any atom is -0.370 e. The number of nitrogens with zero attached hydrogens (tertiary/aromatic N) is 1. The van der Waals surface area contributed by atoms with Crippen molar-refractivity contribution in [2.75, 3.05) is 19.3 Å². The molecule has 0 spiro atoms. The molecule has 0 saturated heterocycles. The first-order valence-electron chi connectivity index (χ1n) is 4.98. The highest BCUT2D eigenvalue weighted by atomic mass is 127. The second-order valence-electron chi connectivity index (χ2n) is 3.77. The van der Waals surface area contributed by atoms with E-state index in [-0.39, 0.29) is 28.7 Å². The Kier molecular flexibility index (Phi) is 6.74. The van der Waals surface area contributed by atoms with E-state index >= 15 is 0 Å². The molecule has 1 atom stereocenters. The third kappa shape index (κ3) is 4.67. The summed E-state index contributed by atoms with van der Waals surface area (Å²) in [5.41, 5.74) is 5.63. The van der Waals surface area contributed by atoms with Crippen molar-refractivity contribution in [3.05, 3.63) is 0 Å². The molecule has 1 saturated carbocycles. The molecule has 6 heteroatoms. The maximum atomic E-state index is 11.3. The summed E-state index contributed by atoms with van der Waals surface area (Å²) in [4.78, 5) is 4.21. The highest BCUT2D eigenvalue weighted by molar-refractivity contribution is 14.0. The van der Waals surface area contributed by atoms with Crippen LogP contribution < -0.4 is 11.1 Å². The van der Waals surface area contributed by atoms with Gasteiger partial charge < -0.3 is 11.1 Å². The minimum absolute atomic E-state index is 0. The average molecular weight is 345 g/mol. The molecule has 1 aliphatic rings. The van der Waals surface area contributed by atoms with Gasteiger partial charge in [-0.2, -0.15) is 0 Å². The van der Waals surface area contributed by atoms with Crippen LogP contribution in [0.4, 0.5) is 0 Å². The van der Waals surface area contributed by atoms with E-state index in [9.17, 15) is 4.21 Å². The van der Waals surface area contributed by atoms with Gasteiger partial charge in [0.1, 0.15) is 0 Å². The number of nitrogens with two attached hydrogens (primary N) is 1. The Morgan fingerprint density at radius 1 is 1.60 bits per heavy atom. The van der Waals surface area contributed by atoms with Crippen LogP contribution >= 0.6 is 24.0 Å². The van der Waals surface area contributed by atoms with E-state index in [2.05, 4.69) is 17.2 Å². The Labute approximate surface area is 111 Å². The van der Waals surface area contributed by atoms with E-state index < -0.39 is 10.8 Å². The first-order chi connectivity index (χ1) is 6.60. The molecule has 1 fully saturated rings. The van der Waals surface area contributed by atoms with Crippen LogP contribution in [0.25, 0.3) is 0 Å². The quantitative estimate of drug-likeness (QED) is 0.441. The van der Waals surface area contributed by atoms with Gasteiger partial charge in [-0.15, -0.1) is 24.0 Å². The van der Waals surface area contributed by atoms with Crippen LogP contribution in [0.2, 0.25) is 0 Å². The summed E-state index contributed by atoms with van der Waals surface area (Å²) >= 11 is 0. The van der Waals surface area contributed by atoms with Crippen LogP contribution in [0.5, 0.6) is 0 Å². The molecule has 0 aromatic rings. The van der Waals surface area contributed by atoms with Gasteiger partial charge >= 0.3 is 0 Å². The predicted molar refractivity (Wildman–Crippen MR) is 76.2 cm³/mol. The Balaban J connectivity index is 0.00000196. The van der Waals surface area contributed by atoms with Gasteiger partial charge in [0.25, 0.3) is 0 Å². The molecule has 1 rings (SSSR count). The second-order valence-corrected chi connectivity index (χ2v) is 5.54. The molecule has 0 aromatic heterocycles. The molecule has 0 radical (unpaired) electrons. The van der Waals surface area contributed by atoms with Gasteiger partial charge in [-0.1, -0.05) is 6.92 Å². The minimum atomic E-state index is -0.777. The number of halogens is 1. The third-order valence-electron chi connectivity index (χ3n) is 2.51. The lowest BCUT2D eigenvalue weighted by molar-refractivity contribution is 0.671. The van der Waals surface area contributed by atoms with E-state index in [0.717, 1.165) is 25.8 Å². The van der Waals surface area contributed by atoms with Crippen LogP contribution in [-0.2, 0) is 10.8 Å². The molecule has 1 aliphatic carbocycles. The predicted octanol–water partition coefficient (Wildman–Crippen LogP) is 0.830. The van der Waals surface area contributed by atoms with E-state index in [1.54, 1.807) is 6.26 Å². The van der Waals surface area contributed by atoms with Gasteiger partial charge in [-0.25, -0.2) is 0 Å². The maximum absolute atomic E-state index is 11.3. The normalized spacial score (nSPS) is 20.3. The van der Waals surface area contributed by atoms with Crippen molar-refractivity contribution in [2.45, 2.75) is 30.9 Å². The van der Waals surface area contributed by atoms with E-state index in [4.69, 9.17) is 5.73 Å². The van der Waals surface area contributed by atoms with Crippen molar-refractivity contribution in [2.24, 2.45) is 10.7 Å².